The summed E-state index contributed by atoms with van der Waals surface area (Å²) in [6.07, 6.45) is 0. The van der Waals surface area contributed by atoms with Crippen LogP contribution in [0.4, 0.5) is 0 Å². The minimum atomic E-state index is 0.744. The van der Waals surface area contributed by atoms with E-state index >= 15 is 0 Å². The first-order valence-corrected chi connectivity index (χ1v) is 5.20. The number of aromatic nitrogens is 1. The van der Waals surface area contributed by atoms with Crippen molar-refractivity contribution in [3.8, 4) is 0 Å². The Balaban J connectivity index is 2.89. The Morgan fingerprint density at radius 2 is 2.00 bits per heavy atom. The van der Waals surface area contributed by atoms with Crippen LogP contribution in [0, 0.1) is 13.8 Å². The quantitative estimate of drug-likeness (QED) is 0.729. The van der Waals surface area contributed by atoms with E-state index < -0.39 is 0 Å². The minimum absolute atomic E-state index is 0.744. The maximum Gasteiger partial charge on any atom is 0.0569 e. The van der Waals surface area contributed by atoms with Gasteiger partial charge in [-0.2, -0.15) is 0 Å². The molecule has 0 saturated heterocycles. The Morgan fingerprint density at radius 1 is 1.31 bits per heavy atom. The van der Waals surface area contributed by atoms with Crippen LogP contribution in [0.1, 0.15) is 11.3 Å². The molecule has 0 unspecified atom stereocenters. The standard InChI is InChI=1S/C10H9BrClN/c1-5-6(2)13-10-4-9(12)8(11)3-7(5)10/h3-4,13H,1-2H3. The number of aryl methyl sites for hydroxylation is 2. The summed E-state index contributed by atoms with van der Waals surface area (Å²) in [6.45, 7) is 4.17. The molecule has 1 aromatic carbocycles. The van der Waals surface area contributed by atoms with E-state index in [0.29, 0.717) is 0 Å². The van der Waals surface area contributed by atoms with Crippen LogP contribution in [0.25, 0.3) is 10.9 Å². The lowest BCUT2D eigenvalue weighted by molar-refractivity contribution is 1.25. The van der Waals surface area contributed by atoms with Gasteiger partial charge in [-0.3, -0.25) is 0 Å². The van der Waals surface area contributed by atoms with Crippen molar-refractivity contribution in [1.29, 1.82) is 0 Å². The molecule has 0 spiro atoms. The highest BCUT2D eigenvalue weighted by atomic mass is 79.9. The Bertz CT molecular complexity index is 473. The first-order chi connectivity index (χ1) is 6.09. The number of fused-ring (bicyclic) bond motifs is 1. The predicted molar refractivity (Wildman–Crippen MR) is 60.5 cm³/mol. The van der Waals surface area contributed by atoms with E-state index in [9.17, 15) is 0 Å². The van der Waals surface area contributed by atoms with E-state index in [-0.39, 0.29) is 0 Å². The molecule has 0 aliphatic rings. The van der Waals surface area contributed by atoms with Gasteiger partial charge < -0.3 is 4.98 Å². The van der Waals surface area contributed by atoms with Crippen molar-refractivity contribution in [3.05, 3.63) is 32.9 Å². The molecule has 0 amide bonds. The number of nitrogens with one attached hydrogen (secondary N) is 1. The van der Waals surface area contributed by atoms with Gasteiger partial charge in [-0.05, 0) is 47.5 Å². The topological polar surface area (TPSA) is 15.8 Å². The van der Waals surface area contributed by atoms with E-state index in [1.54, 1.807) is 0 Å². The summed E-state index contributed by atoms with van der Waals surface area (Å²) in [5.74, 6) is 0. The monoisotopic (exact) mass is 257 g/mol. The largest absolute Gasteiger partial charge is 0.358 e. The lowest BCUT2D eigenvalue weighted by atomic mass is 10.2. The van der Waals surface area contributed by atoms with Crippen LogP contribution in [0.15, 0.2) is 16.6 Å². The number of halogens is 2. The SMILES string of the molecule is Cc1[nH]c2cc(Cl)c(Br)cc2c1C. The molecule has 68 valence electrons. The van der Waals surface area contributed by atoms with Crippen LogP contribution in [-0.4, -0.2) is 4.98 Å². The van der Waals surface area contributed by atoms with E-state index in [1.807, 2.05) is 6.07 Å². The van der Waals surface area contributed by atoms with Crippen molar-refractivity contribution < 1.29 is 0 Å². The molecule has 0 bridgehead atoms. The normalized spacial score (nSPS) is 11.1. The summed E-state index contributed by atoms with van der Waals surface area (Å²) >= 11 is 9.40. The fourth-order valence-electron chi connectivity index (χ4n) is 1.46. The molecule has 2 aromatic rings. The number of aromatic amines is 1. The van der Waals surface area contributed by atoms with Crippen LogP contribution < -0.4 is 0 Å². The third-order valence-corrected chi connectivity index (χ3v) is 3.55. The first-order valence-electron chi connectivity index (χ1n) is 4.03. The van der Waals surface area contributed by atoms with Crippen molar-refractivity contribution in [3.63, 3.8) is 0 Å². The summed E-state index contributed by atoms with van der Waals surface area (Å²) in [5.41, 5.74) is 3.58. The summed E-state index contributed by atoms with van der Waals surface area (Å²) in [6, 6.07) is 4.00. The molecule has 2 rings (SSSR count). The highest BCUT2D eigenvalue weighted by molar-refractivity contribution is 9.10. The molecule has 1 aromatic heterocycles. The van der Waals surface area contributed by atoms with Gasteiger partial charge in [-0.1, -0.05) is 11.6 Å². The zero-order valence-electron chi connectivity index (χ0n) is 7.41. The molecular formula is C10H9BrClN. The lowest BCUT2D eigenvalue weighted by Gasteiger charge is -1.96. The van der Waals surface area contributed by atoms with Gasteiger partial charge in [0, 0.05) is 21.1 Å². The maximum atomic E-state index is 5.98. The van der Waals surface area contributed by atoms with Gasteiger partial charge >= 0.3 is 0 Å². The number of H-pyrrole nitrogens is 1. The highest BCUT2D eigenvalue weighted by Gasteiger charge is 2.06. The maximum absolute atomic E-state index is 5.98. The van der Waals surface area contributed by atoms with E-state index in [0.717, 1.165) is 15.0 Å². The van der Waals surface area contributed by atoms with Gasteiger partial charge in [-0.25, -0.2) is 0 Å². The second-order valence-electron chi connectivity index (χ2n) is 3.19. The molecule has 1 N–H and O–H groups in total. The van der Waals surface area contributed by atoms with Crippen LogP contribution in [-0.2, 0) is 0 Å². The molecule has 0 aliphatic heterocycles. The summed E-state index contributed by atoms with van der Waals surface area (Å²) in [4.78, 5) is 3.29. The molecule has 0 aliphatic carbocycles. The fourth-order valence-corrected chi connectivity index (χ4v) is 1.97. The molecule has 0 saturated carbocycles. The van der Waals surface area contributed by atoms with Crippen molar-refractivity contribution in [2.75, 3.05) is 0 Å². The minimum Gasteiger partial charge on any atom is -0.358 e. The van der Waals surface area contributed by atoms with Crippen molar-refractivity contribution in [2.45, 2.75) is 13.8 Å². The molecule has 0 atom stereocenters. The second-order valence-corrected chi connectivity index (χ2v) is 4.45. The average molecular weight is 259 g/mol. The molecule has 0 fully saturated rings. The number of benzene rings is 1. The highest BCUT2D eigenvalue weighted by Crippen LogP contribution is 2.30. The van der Waals surface area contributed by atoms with Crippen LogP contribution in [0.2, 0.25) is 5.02 Å². The number of rotatable bonds is 0. The molecular weight excluding hydrogens is 249 g/mol. The van der Waals surface area contributed by atoms with Gasteiger partial charge in [0.2, 0.25) is 0 Å². The zero-order chi connectivity index (χ0) is 9.59. The second kappa shape index (κ2) is 3.03. The zero-order valence-corrected chi connectivity index (χ0v) is 9.75. The van der Waals surface area contributed by atoms with Gasteiger partial charge in [0.15, 0.2) is 0 Å². The Hall–Kier alpha value is -0.470. The van der Waals surface area contributed by atoms with Gasteiger partial charge in [0.25, 0.3) is 0 Å². The predicted octanol–water partition coefficient (Wildman–Crippen LogP) is 4.20. The van der Waals surface area contributed by atoms with Gasteiger partial charge in [0.1, 0.15) is 0 Å². The Morgan fingerprint density at radius 3 is 2.69 bits per heavy atom. The Labute approximate surface area is 90.2 Å². The summed E-state index contributed by atoms with van der Waals surface area (Å²) in [5, 5.41) is 1.97. The van der Waals surface area contributed by atoms with Crippen LogP contribution in [0.3, 0.4) is 0 Å². The summed E-state index contributed by atoms with van der Waals surface area (Å²) < 4.78 is 0.948. The van der Waals surface area contributed by atoms with Crippen molar-refractivity contribution in [2.24, 2.45) is 0 Å². The third kappa shape index (κ3) is 1.38. The smallest absolute Gasteiger partial charge is 0.0569 e. The van der Waals surface area contributed by atoms with Crippen molar-refractivity contribution >= 4 is 38.4 Å². The average Bonchev–Trinajstić information content (AvgIpc) is 2.32. The lowest BCUT2D eigenvalue weighted by Crippen LogP contribution is -1.72. The third-order valence-electron chi connectivity index (χ3n) is 2.35. The van der Waals surface area contributed by atoms with Crippen molar-refractivity contribution in [1.82, 2.24) is 4.98 Å². The molecule has 1 nitrogen and oxygen atoms in total. The Kier molecular flexibility index (Phi) is 2.12. The van der Waals surface area contributed by atoms with Crippen LogP contribution >= 0.6 is 27.5 Å². The fraction of sp³-hybridized carbons (Fsp3) is 0.200. The number of hydrogen-bond donors (Lipinski definition) is 1. The molecule has 13 heavy (non-hydrogen) atoms. The number of hydrogen-bond acceptors (Lipinski definition) is 0. The van der Waals surface area contributed by atoms with Gasteiger partial charge in [0.05, 0.1) is 5.02 Å². The van der Waals surface area contributed by atoms with Crippen LogP contribution in [0.5, 0.6) is 0 Å². The van der Waals surface area contributed by atoms with Gasteiger partial charge in [-0.15, -0.1) is 0 Å². The summed E-state index contributed by atoms with van der Waals surface area (Å²) in [7, 11) is 0. The molecule has 1 heterocycles. The molecule has 3 heteroatoms. The van der Waals surface area contributed by atoms with E-state index in [1.165, 1.54) is 16.6 Å². The first kappa shape index (κ1) is 9.10. The van der Waals surface area contributed by atoms with E-state index in [4.69, 9.17) is 11.6 Å². The van der Waals surface area contributed by atoms with E-state index in [2.05, 4.69) is 40.8 Å². The molecule has 0 radical (unpaired) electrons.